The summed E-state index contributed by atoms with van der Waals surface area (Å²) < 4.78 is 16.0. The third-order valence-electron chi connectivity index (χ3n) is 2.98. The fourth-order valence-corrected chi connectivity index (χ4v) is 2.74. The number of benzene rings is 1. The van der Waals surface area contributed by atoms with Crippen LogP contribution in [0.2, 0.25) is 0 Å². The van der Waals surface area contributed by atoms with Crippen LogP contribution in [0.4, 0.5) is 0 Å². The first-order valence-corrected chi connectivity index (χ1v) is 7.17. The molecule has 0 radical (unpaired) electrons. The molecule has 0 atom stereocenters. The van der Waals surface area contributed by atoms with Crippen LogP contribution in [-0.4, -0.2) is 9.79 Å². The van der Waals surface area contributed by atoms with Gasteiger partial charge in [0.25, 0.3) is 0 Å². The molecule has 0 heterocycles. The van der Waals surface area contributed by atoms with Gasteiger partial charge in [0.15, 0.2) is 0 Å². The Morgan fingerprint density at radius 1 is 1.28 bits per heavy atom. The lowest BCUT2D eigenvalue weighted by atomic mass is 9.88. The van der Waals surface area contributed by atoms with Crippen LogP contribution in [0.25, 0.3) is 0 Å². The lowest BCUT2D eigenvalue weighted by molar-refractivity contribution is 0.0231. The van der Waals surface area contributed by atoms with Gasteiger partial charge in [-0.2, -0.15) is 5.26 Å². The quantitative estimate of drug-likeness (QED) is 0.802. The lowest BCUT2D eigenvalue weighted by Crippen LogP contribution is -2.27. The molecule has 0 aliphatic heterocycles. The van der Waals surface area contributed by atoms with Gasteiger partial charge in [0.2, 0.25) is 0 Å². The molecule has 0 saturated heterocycles. The van der Waals surface area contributed by atoms with Gasteiger partial charge < -0.3 is 9.79 Å². The highest BCUT2D eigenvalue weighted by Crippen LogP contribution is 2.48. The van der Waals surface area contributed by atoms with E-state index in [0.29, 0.717) is 24.0 Å². The normalized spacial score (nSPS) is 12.2. The van der Waals surface area contributed by atoms with Crippen molar-refractivity contribution >= 4 is 7.82 Å². The summed E-state index contributed by atoms with van der Waals surface area (Å²) in [5.41, 5.74) is 0.137. The van der Waals surface area contributed by atoms with Gasteiger partial charge in [-0.25, -0.2) is 4.57 Å². The molecule has 1 rings (SSSR count). The first kappa shape index (κ1) is 14.9. The number of phosphoric acid groups is 1. The van der Waals surface area contributed by atoms with Crippen LogP contribution >= 0.6 is 7.82 Å². The van der Waals surface area contributed by atoms with Crippen molar-refractivity contribution in [2.45, 2.75) is 32.3 Å². The van der Waals surface area contributed by atoms with Gasteiger partial charge >= 0.3 is 7.82 Å². The molecule has 0 aliphatic rings. The molecule has 0 bridgehead atoms. The molecule has 1 aromatic carbocycles. The second-order valence-corrected chi connectivity index (χ2v) is 5.14. The van der Waals surface area contributed by atoms with Crippen LogP contribution < -0.4 is 0 Å². The maximum Gasteiger partial charge on any atom is 0.470 e. The van der Waals surface area contributed by atoms with Gasteiger partial charge in [-0.1, -0.05) is 26.0 Å². The molecule has 1 aromatic rings. The maximum atomic E-state index is 11.1. The molecule has 0 spiro atoms. The van der Waals surface area contributed by atoms with Gasteiger partial charge in [0, 0.05) is 0 Å². The van der Waals surface area contributed by atoms with Crippen LogP contribution in [0.1, 0.15) is 37.8 Å². The molecule has 0 aromatic heterocycles. The zero-order valence-electron chi connectivity index (χ0n) is 10.3. The standard InChI is InChI=1S/C12H16NO4P/c1-3-12(4-2,17-18(14,15)16)11-7-5-10(9-13)6-8-11/h5-8H,3-4H2,1-2H3,(H2,14,15,16). The molecule has 0 aliphatic carbocycles. The minimum atomic E-state index is -4.57. The smallest absolute Gasteiger partial charge is 0.303 e. The minimum absolute atomic E-state index is 0.431. The number of nitriles is 1. The molecule has 98 valence electrons. The Balaban J connectivity index is 3.18. The predicted molar refractivity (Wildman–Crippen MR) is 66.5 cm³/mol. The molecule has 18 heavy (non-hydrogen) atoms. The predicted octanol–water partition coefficient (Wildman–Crippen LogP) is 2.68. The summed E-state index contributed by atoms with van der Waals surface area (Å²) in [5, 5.41) is 8.73. The fourth-order valence-electron chi connectivity index (χ4n) is 1.92. The van der Waals surface area contributed by atoms with Gasteiger partial charge in [0.05, 0.1) is 11.6 Å². The van der Waals surface area contributed by atoms with Crippen LogP contribution in [0.3, 0.4) is 0 Å². The number of rotatable bonds is 5. The topological polar surface area (TPSA) is 90.6 Å². The summed E-state index contributed by atoms with van der Waals surface area (Å²) in [5.74, 6) is 0. The molecule has 0 fully saturated rings. The minimum Gasteiger partial charge on any atom is -0.303 e. The van der Waals surface area contributed by atoms with Crippen LogP contribution in [0.15, 0.2) is 24.3 Å². The van der Waals surface area contributed by atoms with Crippen molar-refractivity contribution in [2.75, 3.05) is 0 Å². The van der Waals surface area contributed by atoms with E-state index in [1.807, 2.05) is 6.07 Å². The number of hydrogen-bond donors (Lipinski definition) is 2. The zero-order valence-corrected chi connectivity index (χ0v) is 11.2. The van der Waals surface area contributed by atoms with Crippen molar-refractivity contribution in [3.8, 4) is 6.07 Å². The maximum absolute atomic E-state index is 11.1. The summed E-state index contributed by atoms with van der Waals surface area (Å²) in [6.45, 7) is 3.61. The molecule has 0 unspecified atom stereocenters. The second-order valence-electron chi connectivity index (χ2n) is 3.97. The summed E-state index contributed by atoms with van der Waals surface area (Å²) >= 11 is 0. The molecule has 0 saturated carbocycles. The Labute approximate surface area is 106 Å². The van der Waals surface area contributed by atoms with E-state index in [4.69, 9.17) is 19.6 Å². The second kappa shape index (κ2) is 5.64. The summed E-state index contributed by atoms with van der Waals surface area (Å²) in [6.07, 6.45) is 0.862. The van der Waals surface area contributed by atoms with E-state index in [1.165, 1.54) is 0 Å². The summed E-state index contributed by atoms with van der Waals surface area (Å²) in [7, 11) is -4.57. The Kier molecular flexibility index (Phi) is 4.66. The monoisotopic (exact) mass is 269 g/mol. The largest absolute Gasteiger partial charge is 0.470 e. The molecule has 0 amide bonds. The molecule has 6 heteroatoms. The highest BCUT2D eigenvalue weighted by molar-refractivity contribution is 7.46. The van der Waals surface area contributed by atoms with Gasteiger partial charge in [0.1, 0.15) is 5.60 Å². The van der Waals surface area contributed by atoms with Crippen molar-refractivity contribution < 1.29 is 18.9 Å². The van der Waals surface area contributed by atoms with Gasteiger partial charge in [-0.3, -0.25) is 4.52 Å². The van der Waals surface area contributed by atoms with Crippen molar-refractivity contribution in [1.82, 2.24) is 0 Å². The van der Waals surface area contributed by atoms with E-state index < -0.39 is 13.4 Å². The van der Waals surface area contributed by atoms with E-state index in [2.05, 4.69) is 0 Å². The fraction of sp³-hybridized carbons (Fsp3) is 0.417. The van der Waals surface area contributed by atoms with Crippen molar-refractivity contribution in [3.05, 3.63) is 35.4 Å². The Hall–Kier alpha value is -1.18. The number of nitrogens with zero attached hydrogens (tertiary/aromatic N) is 1. The first-order chi connectivity index (χ1) is 8.37. The third-order valence-corrected chi connectivity index (χ3v) is 3.56. The summed E-state index contributed by atoms with van der Waals surface area (Å²) in [4.78, 5) is 18.0. The highest BCUT2D eigenvalue weighted by atomic mass is 31.2. The zero-order chi connectivity index (χ0) is 13.8. The first-order valence-electron chi connectivity index (χ1n) is 5.64. The van der Waals surface area contributed by atoms with E-state index in [-0.39, 0.29) is 0 Å². The average Bonchev–Trinajstić information content (AvgIpc) is 2.35. The van der Waals surface area contributed by atoms with Crippen molar-refractivity contribution in [3.63, 3.8) is 0 Å². The number of hydrogen-bond acceptors (Lipinski definition) is 3. The molecular weight excluding hydrogens is 253 g/mol. The van der Waals surface area contributed by atoms with Crippen molar-refractivity contribution in [1.29, 1.82) is 5.26 Å². The Morgan fingerprint density at radius 2 is 1.78 bits per heavy atom. The SMILES string of the molecule is CCC(CC)(OP(=O)(O)O)c1ccc(C#N)cc1. The van der Waals surface area contributed by atoms with Crippen LogP contribution in [0, 0.1) is 11.3 Å². The van der Waals surface area contributed by atoms with Crippen LogP contribution in [0.5, 0.6) is 0 Å². The van der Waals surface area contributed by atoms with Gasteiger partial charge in [-0.05, 0) is 30.5 Å². The third kappa shape index (κ3) is 3.41. The molecular formula is C12H16NO4P. The summed E-state index contributed by atoms with van der Waals surface area (Å²) in [6, 6.07) is 8.55. The average molecular weight is 269 g/mol. The highest BCUT2D eigenvalue weighted by Gasteiger charge is 2.36. The molecule has 2 N–H and O–H groups in total. The van der Waals surface area contributed by atoms with Crippen LogP contribution in [-0.2, 0) is 14.7 Å². The van der Waals surface area contributed by atoms with Crippen molar-refractivity contribution in [2.24, 2.45) is 0 Å². The van der Waals surface area contributed by atoms with E-state index in [9.17, 15) is 4.57 Å². The molecule has 5 nitrogen and oxygen atoms in total. The van der Waals surface area contributed by atoms with E-state index in [0.717, 1.165) is 0 Å². The lowest BCUT2D eigenvalue weighted by Gasteiger charge is -2.32. The van der Waals surface area contributed by atoms with Gasteiger partial charge in [-0.15, -0.1) is 0 Å². The van der Waals surface area contributed by atoms with E-state index in [1.54, 1.807) is 38.1 Å². The Bertz CT molecular complexity index is 482. The Morgan fingerprint density at radius 3 is 2.11 bits per heavy atom. The number of phosphoric ester groups is 1. The van der Waals surface area contributed by atoms with E-state index >= 15 is 0 Å².